The molecule has 0 bridgehead atoms. The van der Waals surface area contributed by atoms with Crippen LogP contribution in [0.1, 0.15) is 0 Å². The first-order valence-electron chi connectivity index (χ1n) is 3.11. The van der Waals surface area contributed by atoms with E-state index in [0.29, 0.717) is 0 Å². The first kappa shape index (κ1) is 11.8. The van der Waals surface area contributed by atoms with Crippen LogP contribution in [0.2, 0.25) is 0 Å². The summed E-state index contributed by atoms with van der Waals surface area (Å²) in [5.41, 5.74) is 0. The number of phosphoric acid groups is 1. The van der Waals surface area contributed by atoms with Crippen molar-refractivity contribution in [3.05, 3.63) is 12.7 Å². The van der Waals surface area contributed by atoms with Gasteiger partial charge in [-0.25, -0.2) is 14.3 Å². The highest BCUT2D eigenvalue weighted by atomic mass is 31.2. The van der Waals surface area contributed by atoms with Gasteiger partial charge in [0.25, 0.3) is 0 Å². The Kier molecular flexibility index (Phi) is 6.18. The molecule has 0 unspecified atom stereocenters. The second-order valence-corrected chi connectivity index (χ2v) is 2.96. The Hall–Kier alpha value is -0.230. The van der Waals surface area contributed by atoms with Crippen LogP contribution in [0.5, 0.6) is 0 Å². The van der Waals surface area contributed by atoms with E-state index in [1.807, 2.05) is 0 Å². The molecule has 72 valence electrons. The summed E-state index contributed by atoms with van der Waals surface area (Å²) in [5, 5.41) is 0. The second-order valence-electron chi connectivity index (χ2n) is 1.72. The summed E-state index contributed by atoms with van der Waals surface area (Å²) in [4.78, 5) is 24.4. The zero-order chi connectivity index (χ0) is 9.45. The first-order valence-corrected chi connectivity index (χ1v) is 4.64. The summed E-state index contributed by atoms with van der Waals surface area (Å²) >= 11 is 0. The highest BCUT2D eigenvalue weighted by molar-refractivity contribution is 7.46. The van der Waals surface area contributed by atoms with Gasteiger partial charge in [-0.3, -0.25) is 4.52 Å². The van der Waals surface area contributed by atoms with Crippen LogP contribution in [-0.4, -0.2) is 29.6 Å². The van der Waals surface area contributed by atoms with Crippen molar-refractivity contribution in [1.82, 2.24) is 0 Å². The molecule has 0 aromatic carbocycles. The lowest BCUT2D eigenvalue weighted by Crippen LogP contribution is -2.14. The van der Waals surface area contributed by atoms with Crippen molar-refractivity contribution >= 4 is 7.82 Å². The van der Waals surface area contributed by atoms with E-state index >= 15 is 0 Å². The maximum atomic E-state index is 9.81. The third-order valence-electron chi connectivity index (χ3n) is 0.694. The van der Waals surface area contributed by atoms with E-state index in [-0.39, 0.29) is 6.61 Å². The molecule has 1 rings (SSSR count). The van der Waals surface area contributed by atoms with Gasteiger partial charge in [0, 0.05) is 0 Å². The van der Waals surface area contributed by atoms with Crippen molar-refractivity contribution in [2.75, 3.05) is 19.8 Å². The van der Waals surface area contributed by atoms with E-state index < -0.39 is 7.82 Å². The van der Waals surface area contributed by atoms with Gasteiger partial charge in [-0.2, -0.15) is 0 Å². The van der Waals surface area contributed by atoms with Crippen LogP contribution in [0.4, 0.5) is 0 Å². The van der Waals surface area contributed by atoms with Gasteiger partial charge in [0.2, 0.25) is 0 Å². The molecule has 0 saturated carbocycles. The van der Waals surface area contributed by atoms with Crippen LogP contribution in [0.25, 0.3) is 0 Å². The lowest BCUT2D eigenvalue weighted by atomic mass is 10.7. The predicted molar refractivity (Wildman–Crippen MR) is 40.1 cm³/mol. The van der Waals surface area contributed by atoms with Crippen LogP contribution in [0.3, 0.4) is 0 Å². The molecule has 0 aromatic rings. The lowest BCUT2D eigenvalue weighted by Gasteiger charge is -2.08. The molecule has 0 radical (unpaired) electrons. The van der Waals surface area contributed by atoms with Crippen LogP contribution in [0.15, 0.2) is 12.7 Å². The number of rotatable bonds is 3. The van der Waals surface area contributed by atoms with E-state index in [0.717, 1.165) is 13.2 Å². The van der Waals surface area contributed by atoms with Crippen LogP contribution in [-0.2, 0) is 18.9 Å². The minimum atomic E-state index is -4.25. The minimum Gasteiger partial charge on any atom is -0.303 e. The largest absolute Gasteiger partial charge is 0.469 e. The molecule has 0 atom stereocenters. The molecule has 1 fully saturated rings. The molecular formula is C5H11O6P. The van der Waals surface area contributed by atoms with E-state index in [4.69, 9.17) is 9.79 Å². The van der Waals surface area contributed by atoms with Gasteiger partial charge >= 0.3 is 7.82 Å². The topological polar surface area (TPSA) is 85.2 Å². The van der Waals surface area contributed by atoms with E-state index in [1.165, 1.54) is 6.08 Å². The molecule has 0 amide bonds. The van der Waals surface area contributed by atoms with Crippen LogP contribution >= 0.6 is 7.82 Å². The normalized spacial score (nSPS) is 15.5. The zero-order valence-corrected chi connectivity index (χ0v) is 7.27. The minimum absolute atomic E-state index is 0.121. The Labute approximate surface area is 69.9 Å². The summed E-state index contributed by atoms with van der Waals surface area (Å²) in [6.07, 6.45) is 1.26. The third-order valence-corrected chi connectivity index (χ3v) is 1.18. The second kappa shape index (κ2) is 6.30. The monoisotopic (exact) mass is 198 g/mol. The summed E-state index contributed by atoms with van der Waals surface area (Å²) < 4.78 is 13.7. The van der Waals surface area contributed by atoms with Gasteiger partial charge in [0.05, 0.1) is 6.61 Å². The Morgan fingerprint density at radius 1 is 1.50 bits per heavy atom. The van der Waals surface area contributed by atoms with Crippen molar-refractivity contribution in [3.8, 4) is 0 Å². The van der Waals surface area contributed by atoms with Crippen LogP contribution in [0, 0.1) is 0 Å². The highest BCUT2D eigenvalue weighted by Gasteiger charge is 2.10. The smallest absolute Gasteiger partial charge is 0.303 e. The van der Waals surface area contributed by atoms with Crippen molar-refractivity contribution in [1.29, 1.82) is 0 Å². The van der Waals surface area contributed by atoms with Crippen molar-refractivity contribution in [3.63, 3.8) is 0 Å². The molecule has 1 aliphatic rings. The molecule has 0 spiro atoms. The van der Waals surface area contributed by atoms with Crippen molar-refractivity contribution in [2.45, 2.75) is 0 Å². The molecule has 1 aliphatic heterocycles. The summed E-state index contributed by atoms with van der Waals surface area (Å²) in [7, 11) is -4.25. The molecule has 12 heavy (non-hydrogen) atoms. The Bertz CT molecular complexity index is 155. The molecule has 2 N–H and O–H groups in total. The van der Waals surface area contributed by atoms with Gasteiger partial charge in [-0.15, -0.1) is 6.58 Å². The number of hydrogen-bond acceptors (Lipinski definition) is 4. The highest BCUT2D eigenvalue weighted by Crippen LogP contribution is 2.35. The van der Waals surface area contributed by atoms with Crippen LogP contribution < -0.4 is 0 Å². The molecule has 1 saturated heterocycles. The molecule has 0 aromatic heterocycles. The van der Waals surface area contributed by atoms with Gasteiger partial charge in [0.1, 0.15) is 13.2 Å². The van der Waals surface area contributed by atoms with E-state index in [2.05, 4.69) is 20.9 Å². The fraction of sp³-hybridized carbons (Fsp3) is 0.600. The fourth-order valence-corrected chi connectivity index (χ4v) is 0.533. The predicted octanol–water partition coefficient (Wildman–Crippen LogP) is 0.230. The molecule has 7 heteroatoms. The van der Waals surface area contributed by atoms with Gasteiger partial charge in [-0.05, 0) is 0 Å². The number of phosphoric ester groups is 1. The summed E-state index contributed by atoms with van der Waals surface area (Å²) in [6.45, 7) is 4.63. The van der Waals surface area contributed by atoms with Crippen molar-refractivity contribution < 1.29 is 28.7 Å². The molecular weight excluding hydrogens is 187 g/mol. The summed E-state index contributed by atoms with van der Waals surface area (Å²) in [5.74, 6) is 0. The quantitative estimate of drug-likeness (QED) is 0.383. The van der Waals surface area contributed by atoms with Gasteiger partial charge in [0.15, 0.2) is 0 Å². The Morgan fingerprint density at radius 2 is 1.92 bits per heavy atom. The third kappa shape index (κ3) is 9.77. The standard InChI is InChI=1S/C3H7O4P.C2H4O2/c1-2-3-7-8(4,5)6;1-2-4-3-1/h2H,1,3H2,(H2,4,5,6);1-2H2. The SMILES string of the molecule is C1COO1.C=CCOP(=O)(O)O. The first-order chi connectivity index (χ1) is 5.56. The van der Waals surface area contributed by atoms with Crippen molar-refractivity contribution in [2.24, 2.45) is 0 Å². The Balaban J connectivity index is 0.000000247. The maximum absolute atomic E-state index is 9.81. The lowest BCUT2D eigenvalue weighted by molar-refractivity contribution is -0.382. The summed E-state index contributed by atoms with van der Waals surface area (Å²) in [6, 6.07) is 0. The maximum Gasteiger partial charge on any atom is 0.469 e. The molecule has 1 heterocycles. The average Bonchev–Trinajstić information content (AvgIpc) is 1.77. The molecule has 0 aliphatic carbocycles. The van der Waals surface area contributed by atoms with Gasteiger partial charge < -0.3 is 9.79 Å². The average molecular weight is 198 g/mol. The Morgan fingerprint density at radius 3 is 2.00 bits per heavy atom. The zero-order valence-electron chi connectivity index (χ0n) is 6.38. The molecule has 6 nitrogen and oxygen atoms in total. The van der Waals surface area contributed by atoms with E-state index in [1.54, 1.807) is 0 Å². The van der Waals surface area contributed by atoms with E-state index in [9.17, 15) is 4.57 Å². The fourth-order valence-electron chi connectivity index (χ4n) is 0.233. The number of hydrogen-bond donors (Lipinski definition) is 2. The van der Waals surface area contributed by atoms with Gasteiger partial charge in [-0.1, -0.05) is 6.08 Å².